The Morgan fingerprint density at radius 2 is 1.68 bits per heavy atom. The van der Waals surface area contributed by atoms with Crippen LogP contribution in [0.4, 0.5) is 11.4 Å². The maximum Gasteiger partial charge on any atom is 0.255 e. The van der Waals surface area contributed by atoms with Gasteiger partial charge in [0.1, 0.15) is 0 Å². The highest BCUT2D eigenvalue weighted by atomic mass is 32.2. The van der Waals surface area contributed by atoms with Crippen molar-refractivity contribution in [2.45, 2.75) is 4.90 Å². The average Bonchev–Trinajstić information content (AvgIpc) is 2.69. The maximum atomic E-state index is 12.8. The molecule has 0 saturated carbocycles. The second-order valence-electron chi connectivity index (χ2n) is 7.08. The number of amides is 1. The second kappa shape index (κ2) is 8.30. The third kappa shape index (κ3) is 4.35. The number of hydrogen-bond acceptors (Lipinski definition) is 5. The molecule has 1 amide bonds. The molecule has 150 valence electrons. The summed E-state index contributed by atoms with van der Waals surface area (Å²) in [4.78, 5) is 17.4. The van der Waals surface area contributed by atoms with Gasteiger partial charge in [0.2, 0.25) is 10.0 Å². The summed E-state index contributed by atoms with van der Waals surface area (Å²) < 4.78 is 25.8. The number of nitrogens with zero attached hydrogens (tertiary/aromatic N) is 3. The van der Waals surface area contributed by atoms with E-state index in [1.54, 1.807) is 12.1 Å². The monoisotopic (exact) mass is 402 g/mol. The van der Waals surface area contributed by atoms with Crippen LogP contribution >= 0.6 is 0 Å². The Balaban J connectivity index is 1.83. The Kier molecular flexibility index (Phi) is 6.02. The number of sulfonamides is 1. The first-order valence-corrected chi connectivity index (χ1v) is 10.6. The molecule has 2 aromatic rings. The highest BCUT2D eigenvalue weighted by molar-refractivity contribution is 7.89. The zero-order chi connectivity index (χ0) is 20.3. The fourth-order valence-corrected chi connectivity index (χ4v) is 4.05. The van der Waals surface area contributed by atoms with Gasteiger partial charge in [-0.15, -0.1) is 0 Å². The van der Waals surface area contributed by atoms with Crippen LogP contribution in [0.25, 0.3) is 0 Å². The van der Waals surface area contributed by atoms with Crippen molar-refractivity contribution in [3.05, 3.63) is 54.1 Å². The van der Waals surface area contributed by atoms with Crippen molar-refractivity contribution in [1.29, 1.82) is 0 Å². The normalized spacial score (nSPS) is 15.6. The molecule has 0 unspecified atom stereocenters. The smallest absolute Gasteiger partial charge is 0.255 e. The van der Waals surface area contributed by atoms with Gasteiger partial charge in [-0.05, 0) is 37.4 Å². The molecule has 1 aliphatic rings. The molecule has 1 N–H and O–H groups in total. The number of nitrogens with one attached hydrogen (secondary N) is 1. The number of rotatable bonds is 5. The van der Waals surface area contributed by atoms with Crippen LogP contribution in [0.15, 0.2) is 53.4 Å². The van der Waals surface area contributed by atoms with E-state index >= 15 is 0 Å². The minimum atomic E-state index is -3.60. The van der Waals surface area contributed by atoms with Crippen molar-refractivity contribution in [2.75, 3.05) is 57.5 Å². The van der Waals surface area contributed by atoms with Crippen molar-refractivity contribution < 1.29 is 13.2 Å². The molecule has 0 aromatic heterocycles. The third-order valence-corrected chi connectivity index (χ3v) is 6.68. The molecule has 8 heteroatoms. The minimum absolute atomic E-state index is 0.0949. The summed E-state index contributed by atoms with van der Waals surface area (Å²) in [5.74, 6) is -0.336. The van der Waals surface area contributed by atoms with Crippen molar-refractivity contribution in [3.8, 4) is 0 Å². The standard InChI is InChI=1S/C20H26N4O3S/c1-22(2)28(26,27)17-8-6-7-16(15-17)20(25)21-18-9-4-5-10-19(18)24-13-11-23(3)12-14-24/h4-10,15H,11-14H2,1-3H3,(H,21,25). The van der Waals surface area contributed by atoms with Crippen LogP contribution in [0.3, 0.4) is 0 Å². The molecule has 0 bridgehead atoms. The molecular weight excluding hydrogens is 376 g/mol. The molecule has 1 heterocycles. The van der Waals surface area contributed by atoms with E-state index in [1.165, 1.54) is 26.2 Å². The lowest BCUT2D eigenvalue weighted by Gasteiger charge is -2.35. The molecule has 0 spiro atoms. The van der Waals surface area contributed by atoms with Crippen LogP contribution in [0.2, 0.25) is 0 Å². The SMILES string of the molecule is CN1CCN(c2ccccc2NC(=O)c2cccc(S(=O)(=O)N(C)C)c2)CC1. The Bertz CT molecular complexity index is 951. The van der Waals surface area contributed by atoms with Gasteiger partial charge >= 0.3 is 0 Å². The predicted molar refractivity (Wildman–Crippen MR) is 111 cm³/mol. The van der Waals surface area contributed by atoms with Gasteiger partial charge in [0.25, 0.3) is 5.91 Å². The van der Waals surface area contributed by atoms with Crippen LogP contribution in [-0.4, -0.2) is 70.9 Å². The Hall–Kier alpha value is -2.42. The van der Waals surface area contributed by atoms with E-state index in [0.29, 0.717) is 5.56 Å². The van der Waals surface area contributed by atoms with Gasteiger partial charge in [-0.1, -0.05) is 18.2 Å². The molecule has 7 nitrogen and oxygen atoms in total. The summed E-state index contributed by atoms with van der Waals surface area (Å²) in [7, 11) is 1.43. The van der Waals surface area contributed by atoms with Gasteiger partial charge in [0, 0.05) is 45.8 Å². The van der Waals surface area contributed by atoms with E-state index in [1.807, 2.05) is 24.3 Å². The molecule has 1 aliphatic heterocycles. The van der Waals surface area contributed by atoms with Gasteiger partial charge in [-0.25, -0.2) is 12.7 Å². The molecule has 1 fully saturated rings. The lowest BCUT2D eigenvalue weighted by atomic mass is 10.2. The molecule has 0 aliphatic carbocycles. The van der Waals surface area contributed by atoms with Gasteiger partial charge in [0.15, 0.2) is 0 Å². The van der Waals surface area contributed by atoms with E-state index in [4.69, 9.17) is 0 Å². The summed E-state index contributed by atoms with van der Waals surface area (Å²) in [5, 5.41) is 2.94. The van der Waals surface area contributed by atoms with E-state index in [9.17, 15) is 13.2 Å². The summed E-state index contributed by atoms with van der Waals surface area (Å²) >= 11 is 0. The Labute approximate surface area is 166 Å². The second-order valence-corrected chi connectivity index (χ2v) is 9.23. The first kappa shape index (κ1) is 20.3. The minimum Gasteiger partial charge on any atom is -0.367 e. The topological polar surface area (TPSA) is 73.0 Å². The van der Waals surface area contributed by atoms with Gasteiger partial charge in [-0.3, -0.25) is 4.79 Å². The number of likely N-dealkylation sites (N-methyl/N-ethyl adjacent to an activating group) is 1. The van der Waals surface area contributed by atoms with E-state index < -0.39 is 10.0 Å². The predicted octanol–water partition coefficient (Wildman–Crippen LogP) is 1.94. The van der Waals surface area contributed by atoms with Crippen molar-refractivity contribution in [2.24, 2.45) is 0 Å². The number of carbonyl (C=O) groups is 1. The molecule has 3 rings (SSSR count). The molecule has 2 aromatic carbocycles. The molecule has 28 heavy (non-hydrogen) atoms. The number of piperazine rings is 1. The summed E-state index contributed by atoms with van der Waals surface area (Å²) in [5.41, 5.74) is 2.00. The fraction of sp³-hybridized carbons (Fsp3) is 0.350. The summed E-state index contributed by atoms with van der Waals surface area (Å²) in [6.45, 7) is 3.71. The van der Waals surface area contributed by atoms with Crippen molar-refractivity contribution in [3.63, 3.8) is 0 Å². The molecule has 1 saturated heterocycles. The number of carbonyl (C=O) groups excluding carboxylic acids is 1. The van der Waals surface area contributed by atoms with Gasteiger partial charge < -0.3 is 15.1 Å². The highest BCUT2D eigenvalue weighted by Gasteiger charge is 2.20. The molecule has 0 radical (unpaired) electrons. The average molecular weight is 403 g/mol. The van der Waals surface area contributed by atoms with Gasteiger partial charge in [-0.2, -0.15) is 0 Å². The molecule has 0 atom stereocenters. The highest BCUT2D eigenvalue weighted by Crippen LogP contribution is 2.27. The largest absolute Gasteiger partial charge is 0.367 e. The fourth-order valence-electron chi connectivity index (χ4n) is 3.11. The van der Waals surface area contributed by atoms with Crippen LogP contribution in [0, 0.1) is 0 Å². The van der Waals surface area contributed by atoms with Crippen molar-refractivity contribution in [1.82, 2.24) is 9.21 Å². The van der Waals surface area contributed by atoms with Gasteiger partial charge in [0.05, 0.1) is 16.3 Å². The summed E-state index contributed by atoms with van der Waals surface area (Å²) in [6.07, 6.45) is 0. The molecular formula is C20H26N4O3S. The zero-order valence-electron chi connectivity index (χ0n) is 16.4. The van der Waals surface area contributed by atoms with Crippen LogP contribution in [0.5, 0.6) is 0 Å². The number of hydrogen-bond donors (Lipinski definition) is 1. The quantitative estimate of drug-likeness (QED) is 0.828. The lowest BCUT2D eigenvalue weighted by Crippen LogP contribution is -2.44. The van der Waals surface area contributed by atoms with Crippen LogP contribution in [-0.2, 0) is 10.0 Å². The maximum absolute atomic E-state index is 12.8. The number of benzene rings is 2. The summed E-state index contributed by atoms with van der Waals surface area (Å²) in [6, 6.07) is 13.8. The van der Waals surface area contributed by atoms with Crippen molar-refractivity contribution >= 4 is 27.3 Å². The Morgan fingerprint density at radius 3 is 2.36 bits per heavy atom. The van der Waals surface area contributed by atoms with E-state index in [-0.39, 0.29) is 10.8 Å². The van der Waals surface area contributed by atoms with E-state index in [2.05, 4.69) is 22.2 Å². The van der Waals surface area contributed by atoms with E-state index in [0.717, 1.165) is 41.9 Å². The third-order valence-electron chi connectivity index (χ3n) is 4.87. The van der Waals surface area contributed by atoms with Crippen LogP contribution in [0.1, 0.15) is 10.4 Å². The zero-order valence-corrected chi connectivity index (χ0v) is 17.2. The first-order valence-electron chi connectivity index (χ1n) is 9.15. The number of para-hydroxylation sites is 2. The van der Waals surface area contributed by atoms with Crippen LogP contribution < -0.4 is 10.2 Å². The number of anilines is 2. The first-order chi connectivity index (χ1) is 13.3. The lowest BCUT2D eigenvalue weighted by molar-refractivity contribution is 0.102. The Morgan fingerprint density at radius 1 is 1.00 bits per heavy atom.